The maximum absolute atomic E-state index is 14.4. The zero-order valence-corrected chi connectivity index (χ0v) is 33.4. The third-order valence-electron chi connectivity index (χ3n) is 16.6. The number of hydrogen-bond donors (Lipinski definition) is 1. The topological polar surface area (TPSA) is 81.7 Å². The summed E-state index contributed by atoms with van der Waals surface area (Å²) in [6.45, 7) is 21.8. The first-order chi connectivity index (χ1) is 23.6. The zero-order valence-electron chi connectivity index (χ0n) is 33.4. The normalized spacial score (nSPS) is 40.0. The molecule has 1 amide bonds. The molecule has 6 heteroatoms. The highest BCUT2D eigenvalue weighted by molar-refractivity contribution is 5.84. The Hall–Kier alpha value is -1.85. The van der Waals surface area contributed by atoms with Gasteiger partial charge in [-0.25, -0.2) is 0 Å². The molecule has 1 N–H and O–H groups in total. The minimum atomic E-state index is -0.258. The number of nitrogens with one attached hydrogen (secondary N) is 1. The predicted octanol–water partition coefficient (Wildman–Crippen LogP) is 10.4. The van der Waals surface area contributed by atoms with Crippen LogP contribution in [-0.4, -0.2) is 37.6 Å². The number of carbonyl (C=O) groups is 3. The summed E-state index contributed by atoms with van der Waals surface area (Å²) in [7, 11) is 1.46. The Morgan fingerprint density at radius 2 is 1.38 bits per heavy atom. The Balaban J connectivity index is 1.23. The number of methoxy groups -OCH3 is 1. The second kappa shape index (κ2) is 15.2. The van der Waals surface area contributed by atoms with E-state index in [0.29, 0.717) is 41.9 Å². The van der Waals surface area contributed by atoms with Crippen LogP contribution in [0.2, 0.25) is 0 Å². The molecule has 5 aliphatic carbocycles. The monoisotopic (exact) mass is 696 g/mol. The lowest BCUT2D eigenvalue weighted by Gasteiger charge is -2.72. The van der Waals surface area contributed by atoms with Gasteiger partial charge in [0.05, 0.1) is 12.5 Å². The Kier molecular flexibility index (Phi) is 12.0. The molecule has 284 valence electrons. The van der Waals surface area contributed by atoms with Crippen LogP contribution in [0.4, 0.5) is 0 Å². The van der Waals surface area contributed by atoms with Crippen LogP contribution >= 0.6 is 0 Å². The van der Waals surface area contributed by atoms with Crippen molar-refractivity contribution in [2.24, 2.45) is 56.7 Å². The number of unbranched alkanes of at least 4 members (excludes halogenated alkanes) is 7. The molecule has 0 saturated heterocycles. The van der Waals surface area contributed by atoms with Gasteiger partial charge in [0, 0.05) is 25.3 Å². The van der Waals surface area contributed by atoms with Crippen molar-refractivity contribution < 1.29 is 23.9 Å². The number of allylic oxidation sites excluding steroid dienone is 1. The summed E-state index contributed by atoms with van der Waals surface area (Å²) < 4.78 is 10.7. The number of ether oxygens (including phenoxy) is 2. The van der Waals surface area contributed by atoms with E-state index in [0.717, 1.165) is 70.8 Å². The van der Waals surface area contributed by atoms with Gasteiger partial charge in [-0.2, -0.15) is 0 Å². The van der Waals surface area contributed by atoms with E-state index in [2.05, 4.69) is 53.4 Å². The fourth-order valence-corrected chi connectivity index (χ4v) is 13.9. The molecule has 5 fully saturated rings. The van der Waals surface area contributed by atoms with Crippen molar-refractivity contribution in [2.75, 3.05) is 13.7 Å². The van der Waals surface area contributed by atoms with Gasteiger partial charge in [0.1, 0.15) is 6.10 Å². The summed E-state index contributed by atoms with van der Waals surface area (Å²) in [6, 6.07) is 0. The van der Waals surface area contributed by atoms with Crippen LogP contribution < -0.4 is 5.32 Å². The molecule has 5 rings (SSSR count). The van der Waals surface area contributed by atoms with Gasteiger partial charge in [-0.15, -0.1) is 0 Å². The van der Waals surface area contributed by atoms with Gasteiger partial charge >= 0.3 is 11.9 Å². The SMILES string of the molecule is C=C(C)[C@@H]1CC[C@]2(C(=O)NCCCCCCCCCCC(=O)OC)CC[C@]3(C)[C@H](CCC4[C@@]5(C)CC[C@@H](OC(C)=O)C(C)(C)[C@@H]5CC[C@]43C)[C@@H]12. The van der Waals surface area contributed by atoms with E-state index in [1.807, 2.05) is 0 Å². The van der Waals surface area contributed by atoms with Crippen molar-refractivity contribution in [3.05, 3.63) is 12.2 Å². The molecule has 5 saturated carbocycles. The van der Waals surface area contributed by atoms with Crippen LogP contribution in [0.1, 0.15) is 170 Å². The first-order valence-electron chi connectivity index (χ1n) is 20.8. The van der Waals surface area contributed by atoms with Gasteiger partial charge in [-0.05, 0) is 130 Å². The van der Waals surface area contributed by atoms with Crippen LogP contribution in [0, 0.1) is 56.7 Å². The van der Waals surface area contributed by atoms with Crippen LogP contribution in [0.3, 0.4) is 0 Å². The largest absolute Gasteiger partial charge is 0.469 e. The van der Waals surface area contributed by atoms with E-state index in [1.54, 1.807) is 6.92 Å². The van der Waals surface area contributed by atoms with Gasteiger partial charge in [0.15, 0.2) is 0 Å². The molecular formula is C44H73NO5. The highest BCUT2D eigenvalue weighted by atomic mass is 16.5. The van der Waals surface area contributed by atoms with Gasteiger partial charge < -0.3 is 14.8 Å². The molecule has 0 heterocycles. The summed E-state index contributed by atoms with van der Waals surface area (Å²) in [5, 5.41) is 3.50. The fourth-order valence-electron chi connectivity index (χ4n) is 13.9. The number of rotatable bonds is 14. The average molecular weight is 696 g/mol. The van der Waals surface area contributed by atoms with E-state index in [1.165, 1.54) is 64.0 Å². The third-order valence-corrected chi connectivity index (χ3v) is 16.6. The molecule has 0 bridgehead atoms. The van der Waals surface area contributed by atoms with E-state index in [9.17, 15) is 14.4 Å². The highest BCUT2D eigenvalue weighted by Crippen LogP contribution is 2.77. The molecule has 0 aromatic rings. The zero-order chi connectivity index (χ0) is 36.5. The van der Waals surface area contributed by atoms with Crippen molar-refractivity contribution in [3.8, 4) is 0 Å². The van der Waals surface area contributed by atoms with E-state index >= 15 is 0 Å². The van der Waals surface area contributed by atoms with Crippen molar-refractivity contribution in [1.29, 1.82) is 0 Å². The van der Waals surface area contributed by atoms with Crippen molar-refractivity contribution in [1.82, 2.24) is 5.32 Å². The Labute approximate surface area is 305 Å². The molecule has 5 aliphatic rings. The lowest BCUT2D eigenvalue weighted by molar-refractivity contribution is -0.248. The molecule has 1 unspecified atom stereocenters. The van der Waals surface area contributed by atoms with Crippen molar-refractivity contribution in [3.63, 3.8) is 0 Å². The van der Waals surface area contributed by atoms with E-state index in [4.69, 9.17) is 9.47 Å². The van der Waals surface area contributed by atoms with E-state index in [-0.39, 0.29) is 45.1 Å². The Morgan fingerprint density at radius 3 is 2.02 bits per heavy atom. The second-order valence-corrected chi connectivity index (χ2v) is 19.2. The molecule has 0 radical (unpaired) electrons. The summed E-state index contributed by atoms with van der Waals surface area (Å²) in [6.07, 6.45) is 20.9. The standard InChI is InChI=1S/C44H73NO5/c1-30(2)32-21-26-44(39(48)45-29-17-15-13-11-10-12-14-16-18-37(47)49-9)28-27-42(7)33(38(32)44)19-20-35-41(6)24-23-36(50-31(3)46)40(4,5)34(41)22-25-43(35,42)8/h32-36,38H,1,10-29H2,2-9H3,(H,45,48)/t32-,33+,34-,35?,36+,38+,41-,42+,43+,44-/m0/s1. The van der Waals surface area contributed by atoms with E-state index < -0.39 is 0 Å². The van der Waals surface area contributed by atoms with Crippen LogP contribution in [0.15, 0.2) is 12.2 Å². The second-order valence-electron chi connectivity index (χ2n) is 19.2. The summed E-state index contributed by atoms with van der Waals surface area (Å²) in [4.78, 5) is 37.8. The number of fused-ring (bicyclic) bond motifs is 7. The Morgan fingerprint density at radius 1 is 0.720 bits per heavy atom. The molecule has 0 aliphatic heterocycles. The van der Waals surface area contributed by atoms with Gasteiger partial charge in [-0.1, -0.05) is 85.3 Å². The molecule has 50 heavy (non-hydrogen) atoms. The van der Waals surface area contributed by atoms with Crippen LogP contribution in [-0.2, 0) is 23.9 Å². The first kappa shape index (κ1) is 39.4. The minimum absolute atomic E-state index is 0.00775. The highest BCUT2D eigenvalue weighted by Gasteiger charge is 2.72. The molecule has 6 nitrogen and oxygen atoms in total. The van der Waals surface area contributed by atoms with Crippen LogP contribution in [0.5, 0.6) is 0 Å². The number of esters is 2. The average Bonchev–Trinajstić information content (AvgIpc) is 3.46. The predicted molar refractivity (Wildman–Crippen MR) is 201 cm³/mol. The smallest absolute Gasteiger partial charge is 0.305 e. The number of amides is 1. The van der Waals surface area contributed by atoms with Crippen molar-refractivity contribution in [2.45, 2.75) is 177 Å². The summed E-state index contributed by atoms with van der Waals surface area (Å²) >= 11 is 0. The lowest BCUT2D eigenvalue weighted by atomic mass is 9.32. The summed E-state index contributed by atoms with van der Waals surface area (Å²) in [5.41, 5.74) is 1.67. The van der Waals surface area contributed by atoms with Crippen LogP contribution in [0.25, 0.3) is 0 Å². The number of hydrogen-bond acceptors (Lipinski definition) is 5. The third kappa shape index (κ3) is 6.85. The first-order valence-corrected chi connectivity index (χ1v) is 20.8. The quantitative estimate of drug-likeness (QED) is 0.111. The molecular weight excluding hydrogens is 622 g/mol. The number of carbonyl (C=O) groups excluding carboxylic acids is 3. The van der Waals surface area contributed by atoms with Gasteiger partial charge in [-0.3, -0.25) is 14.4 Å². The maximum atomic E-state index is 14.4. The Bertz CT molecular complexity index is 1260. The minimum Gasteiger partial charge on any atom is -0.469 e. The fraction of sp³-hybridized carbons (Fsp3) is 0.886. The van der Waals surface area contributed by atoms with Gasteiger partial charge in [0.25, 0.3) is 0 Å². The van der Waals surface area contributed by atoms with Crippen molar-refractivity contribution >= 4 is 17.8 Å². The molecule has 10 atom stereocenters. The lowest BCUT2D eigenvalue weighted by Crippen LogP contribution is -2.67. The molecule has 0 aromatic carbocycles. The van der Waals surface area contributed by atoms with Gasteiger partial charge in [0.2, 0.25) is 5.91 Å². The summed E-state index contributed by atoms with van der Waals surface area (Å²) in [5.74, 6) is 2.66. The molecule has 0 spiro atoms. The molecule has 0 aromatic heterocycles. The maximum Gasteiger partial charge on any atom is 0.305 e.